The lowest BCUT2D eigenvalue weighted by molar-refractivity contribution is 0.349. The standard InChI is InChI=1S/C16H19FN2/c1-11-6-7-12(2)19(11)18-16-9-14(10-16)13-4-3-5-15(17)8-13/h3-8,14,16,18H,9-10H2,1-2H3. The molecular weight excluding hydrogens is 239 g/mol. The van der Waals surface area contributed by atoms with Crippen molar-refractivity contribution < 1.29 is 4.39 Å². The highest BCUT2D eigenvalue weighted by Crippen LogP contribution is 2.37. The third kappa shape index (κ3) is 2.37. The van der Waals surface area contributed by atoms with Crippen LogP contribution in [-0.2, 0) is 0 Å². The fourth-order valence-electron chi connectivity index (χ4n) is 2.81. The predicted octanol–water partition coefficient (Wildman–Crippen LogP) is 3.73. The molecule has 0 spiro atoms. The molecular formula is C16H19FN2. The molecule has 19 heavy (non-hydrogen) atoms. The summed E-state index contributed by atoms with van der Waals surface area (Å²) in [4.78, 5) is 0. The smallest absolute Gasteiger partial charge is 0.123 e. The summed E-state index contributed by atoms with van der Waals surface area (Å²) in [7, 11) is 0. The highest BCUT2D eigenvalue weighted by molar-refractivity contribution is 5.25. The lowest BCUT2D eigenvalue weighted by Crippen LogP contribution is -2.39. The fourth-order valence-corrected chi connectivity index (χ4v) is 2.81. The second kappa shape index (κ2) is 4.72. The van der Waals surface area contributed by atoms with Crippen molar-refractivity contribution >= 4 is 0 Å². The molecule has 1 fully saturated rings. The second-order valence-electron chi connectivity index (χ2n) is 5.50. The summed E-state index contributed by atoms with van der Waals surface area (Å²) >= 11 is 0. The van der Waals surface area contributed by atoms with E-state index in [0.29, 0.717) is 12.0 Å². The summed E-state index contributed by atoms with van der Waals surface area (Å²) in [6.07, 6.45) is 2.14. The van der Waals surface area contributed by atoms with Crippen LogP contribution in [0.5, 0.6) is 0 Å². The number of aryl methyl sites for hydroxylation is 2. The van der Waals surface area contributed by atoms with E-state index in [0.717, 1.165) is 18.4 Å². The van der Waals surface area contributed by atoms with Crippen LogP contribution in [0.4, 0.5) is 4.39 Å². The summed E-state index contributed by atoms with van der Waals surface area (Å²) in [6, 6.07) is 11.7. The van der Waals surface area contributed by atoms with Gasteiger partial charge in [-0.3, -0.25) is 4.68 Å². The SMILES string of the molecule is Cc1ccc(C)n1NC1CC(c2cccc(F)c2)C1. The second-order valence-corrected chi connectivity index (χ2v) is 5.50. The maximum Gasteiger partial charge on any atom is 0.123 e. The summed E-state index contributed by atoms with van der Waals surface area (Å²) in [6.45, 7) is 4.20. The minimum atomic E-state index is -0.133. The summed E-state index contributed by atoms with van der Waals surface area (Å²) in [5.41, 5.74) is 7.11. The first kappa shape index (κ1) is 12.3. The number of hydrogen-bond acceptors (Lipinski definition) is 1. The first-order valence-electron chi connectivity index (χ1n) is 6.80. The topological polar surface area (TPSA) is 17.0 Å². The Labute approximate surface area is 113 Å². The van der Waals surface area contributed by atoms with E-state index in [1.165, 1.54) is 17.5 Å². The number of benzene rings is 1. The molecule has 100 valence electrons. The lowest BCUT2D eigenvalue weighted by atomic mass is 9.76. The molecule has 0 saturated heterocycles. The van der Waals surface area contributed by atoms with Gasteiger partial charge < -0.3 is 5.43 Å². The molecule has 1 aromatic carbocycles. The summed E-state index contributed by atoms with van der Waals surface area (Å²) < 4.78 is 15.3. The molecule has 1 N–H and O–H groups in total. The van der Waals surface area contributed by atoms with Crippen LogP contribution in [0, 0.1) is 19.7 Å². The van der Waals surface area contributed by atoms with E-state index in [-0.39, 0.29) is 5.82 Å². The molecule has 0 unspecified atom stereocenters. The van der Waals surface area contributed by atoms with Gasteiger partial charge in [0.2, 0.25) is 0 Å². The van der Waals surface area contributed by atoms with Gasteiger partial charge in [0.1, 0.15) is 5.82 Å². The number of hydrogen-bond donors (Lipinski definition) is 1. The van der Waals surface area contributed by atoms with E-state index in [2.05, 4.69) is 36.1 Å². The van der Waals surface area contributed by atoms with Crippen molar-refractivity contribution in [1.29, 1.82) is 0 Å². The van der Waals surface area contributed by atoms with Crippen molar-refractivity contribution in [3.05, 3.63) is 59.2 Å². The van der Waals surface area contributed by atoms with E-state index in [9.17, 15) is 4.39 Å². The van der Waals surface area contributed by atoms with Gasteiger partial charge in [0.15, 0.2) is 0 Å². The first-order chi connectivity index (χ1) is 9.13. The molecule has 2 aromatic rings. The summed E-state index contributed by atoms with van der Waals surface area (Å²) in [5.74, 6) is 0.357. The molecule has 0 aliphatic heterocycles. The zero-order valence-electron chi connectivity index (χ0n) is 11.4. The Morgan fingerprint density at radius 1 is 1.11 bits per heavy atom. The van der Waals surface area contributed by atoms with E-state index < -0.39 is 0 Å². The third-order valence-corrected chi connectivity index (χ3v) is 4.04. The van der Waals surface area contributed by atoms with Crippen LogP contribution in [0.2, 0.25) is 0 Å². The van der Waals surface area contributed by atoms with Gasteiger partial charge >= 0.3 is 0 Å². The van der Waals surface area contributed by atoms with Crippen molar-refractivity contribution in [1.82, 2.24) is 4.68 Å². The normalized spacial score (nSPS) is 22.1. The molecule has 0 bridgehead atoms. The number of nitrogens with zero attached hydrogens (tertiary/aromatic N) is 1. The van der Waals surface area contributed by atoms with Crippen molar-refractivity contribution in [3.8, 4) is 0 Å². The van der Waals surface area contributed by atoms with Crippen LogP contribution < -0.4 is 5.43 Å². The first-order valence-corrected chi connectivity index (χ1v) is 6.80. The predicted molar refractivity (Wildman–Crippen MR) is 75.4 cm³/mol. The summed E-state index contributed by atoms with van der Waals surface area (Å²) in [5, 5.41) is 0. The number of halogens is 1. The van der Waals surface area contributed by atoms with Crippen LogP contribution in [0.25, 0.3) is 0 Å². The van der Waals surface area contributed by atoms with Gasteiger partial charge in [-0.25, -0.2) is 4.39 Å². The maximum absolute atomic E-state index is 13.2. The number of rotatable bonds is 3. The van der Waals surface area contributed by atoms with Gasteiger partial charge in [-0.15, -0.1) is 0 Å². The van der Waals surface area contributed by atoms with Gasteiger partial charge in [0.25, 0.3) is 0 Å². The molecule has 0 radical (unpaired) electrons. The van der Waals surface area contributed by atoms with Gasteiger partial charge in [-0.1, -0.05) is 12.1 Å². The Morgan fingerprint density at radius 3 is 2.42 bits per heavy atom. The monoisotopic (exact) mass is 258 g/mol. The highest BCUT2D eigenvalue weighted by atomic mass is 19.1. The Morgan fingerprint density at radius 2 is 1.79 bits per heavy atom. The maximum atomic E-state index is 13.2. The largest absolute Gasteiger partial charge is 0.323 e. The Hall–Kier alpha value is -1.77. The van der Waals surface area contributed by atoms with Gasteiger partial charge in [-0.2, -0.15) is 0 Å². The molecule has 1 heterocycles. The van der Waals surface area contributed by atoms with Gasteiger partial charge in [0, 0.05) is 17.4 Å². The van der Waals surface area contributed by atoms with Crippen LogP contribution in [0.3, 0.4) is 0 Å². The fraction of sp³-hybridized carbons (Fsp3) is 0.375. The zero-order valence-corrected chi connectivity index (χ0v) is 11.4. The quantitative estimate of drug-likeness (QED) is 0.887. The molecule has 3 rings (SSSR count). The van der Waals surface area contributed by atoms with Gasteiger partial charge in [0.05, 0.1) is 0 Å². The Balaban J connectivity index is 1.62. The minimum Gasteiger partial charge on any atom is -0.323 e. The number of aromatic nitrogens is 1. The Kier molecular flexibility index (Phi) is 3.05. The third-order valence-electron chi connectivity index (χ3n) is 4.04. The number of nitrogens with one attached hydrogen (secondary N) is 1. The average Bonchev–Trinajstić information content (AvgIpc) is 2.64. The van der Waals surface area contributed by atoms with Crippen LogP contribution in [-0.4, -0.2) is 10.7 Å². The average molecular weight is 258 g/mol. The molecule has 1 aliphatic carbocycles. The van der Waals surface area contributed by atoms with Crippen LogP contribution in [0.1, 0.15) is 35.7 Å². The molecule has 1 aliphatic rings. The Bertz CT molecular complexity index is 563. The van der Waals surface area contributed by atoms with E-state index >= 15 is 0 Å². The minimum absolute atomic E-state index is 0.133. The van der Waals surface area contributed by atoms with E-state index in [4.69, 9.17) is 0 Å². The molecule has 0 atom stereocenters. The van der Waals surface area contributed by atoms with Gasteiger partial charge in [-0.05, 0) is 62.4 Å². The zero-order chi connectivity index (χ0) is 13.4. The van der Waals surface area contributed by atoms with E-state index in [1.54, 1.807) is 12.1 Å². The van der Waals surface area contributed by atoms with Crippen molar-refractivity contribution in [2.45, 2.75) is 38.6 Å². The molecule has 1 aromatic heterocycles. The lowest BCUT2D eigenvalue weighted by Gasteiger charge is -2.37. The van der Waals surface area contributed by atoms with Crippen LogP contribution in [0.15, 0.2) is 36.4 Å². The van der Waals surface area contributed by atoms with Crippen molar-refractivity contribution in [2.75, 3.05) is 5.43 Å². The molecule has 2 nitrogen and oxygen atoms in total. The molecule has 3 heteroatoms. The molecule has 1 saturated carbocycles. The van der Waals surface area contributed by atoms with Crippen molar-refractivity contribution in [3.63, 3.8) is 0 Å². The van der Waals surface area contributed by atoms with Crippen molar-refractivity contribution in [2.24, 2.45) is 0 Å². The van der Waals surface area contributed by atoms with Crippen LogP contribution >= 0.6 is 0 Å². The highest BCUT2D eigenvalue weighted by Gasteiger charge is 2.30. The molecule has 0 amide bonds. The van der Waals surface area contributed by atoms with E-state index in [1.807, 2.05) is 6.07 Å².